The zero-order valence-corrected chi connectivity index (χ0v) is 13.4. The number of para-hydroxylation sites is 1. The van der Waals surface area contributed by atoms with Crippen LogP contribution >= 0.6 is 0 Å². The fourth-order valence-electron chi connectivity index (χ4n) is 2.09. The highest BCUT2D eigenvalue weighted by Gasteiger charge is 2.09. The average Bonchev–Trinajstić information content (AvgIpc) is 2.62. The van der Waals surface area contributed by atoms with E-state index in [1.165, 1.54) is 0 Å². The quantitative estimate of drug-likeness (QED) is 0.388. The third-order valence-corrected chi connectivity index (χ3v) is 3.31. The highest BCUT2D eigenvalue weighted by molar-refractivity contribution is 6.02. The minimum atomic E-state index is -0.969. The van der Waals surface area contributed by atoms with Crippen molar-refractivity contribution in [3.8, 4) is 5.75 Å². The summed E-state index contributed by atoms with van der Waals surface area (Å²) in [6.07, 6.45) is -0.0167. The molecule has 0 aliphatic heterocycles. The van der Waals surface area contributed by atoms with Gasteiger partial charge in [-0.2, -0.15) is 0 Å². The molecule has 0 radical (unpaired) electrons. The molecule has 3 N–H and O–H groups in total. The molecule has 0 saturated carbocycles. The number of hydrogen-bond donors (Lipinski definition) is 3. The van der Waals surface area contributed by atoms with E-state index in [4.69, 9.17) is 15.1 Å². The number of carboxylic acids is 1. The molecule has 0 fully saturated rings. The van der Waals surface area contributed by atoms with Gasteiger partial charge in [-0.1, -0.05) is 35.5 Å². The Morgan fingerprint density at radius 1 is 1.00 bits per heavy atom. The Hall–Kier alpha value is -3.35. The van der Waals surface area contributed by atoms with Crippen LogP contribution in [0.15, 0.2) is 59.8 Å². The number of carboxylic acid groups (broad SMARTS) is 1. The van der Waals surface area contributed by atoms with E-state index in [0.717, 1.165) is 0 Å². The summed E-state index contributed by atoms with van der Waals surface area (Å²) in [6.45, 7) is -0.117. The third kappa shape index (κ3) is 5.98. The number of nitrogens with zero attached hydrogens (tertiary/aromatic N) is 1. The standard InChI is InChI=1S/C18H18N2O5/c21-17(12-25-15-4-2-1-3-5-15)19-14-8-6-13(7-9-14)16(20-24)10-11-18(22)23/h1-9,24H,10-12H2,(H,19,21)(H,22,23). The SMILES string of the molecule is O=C(O)CCC(=NO)c1ccc(NC(=O)COc2ccccc2)cc1. The van der Waals surface area contributed by atoms with E-state index in [-0.39, 0.29) is 31.1 Å². The van der Waals surface area contributed by atoms with Crippen molar-refractivity contribution in [3.63, 3.8) is 0 Å². The number of carbonyl (C=O) groups is 2. The van der Waals surface area contributed by atoms with Gasteiger partial charge in [0.15, 0.2) is 6.61 Å². The fourth-order valence-corrected chi connectivity index (χ4v) is 2.09. The van der Waals surface area contributed by atoms with E-state index >= 15 is 0 Å². The van der Waals surface area contributed by atoms with E-state index in [1.54, 1.807) is 36.4 Å². The van der Waals surface area contributed by atoms with Crippen LogP contribution in [0, 0.1) is 0 Å². The van der Waals surface area contributed by atoms with Crippen molar-refractivity contribution in [3.05, 3.63) is 60.2 Å². The van der Waals surface area contributed by atoms with Gasteiger partial charge in [-0.05, 0) is 29.8 Å². The van der Waals surface area contributed by atoms with Gasteiger partial charge in [-0.3, -0.25) is 9.59 Å². The normalized spacial score (nSPS) is 11.0. The van der Waals surface area contributed by atoms with Gasteiger partial charge >= 0.3 is 5.97 Å². The number of benzene rings is 2. The molecular weight excluding hydrogens is 324 g/mol. The Bertz CT molecular complexity index is 742. The number of amides is 1. The van der Waals surface area contributed by atoms with Crippen LogP contribution in [0.4, 0.5) is 5.69 Å². The van der Waals surface area contributed by atoms with E-state index in [9.17, 15) is 9.59 Å². The second kappa shape index (κ2) is 9.07. The average molecular weight is 342 g/mol. The van der Waals surface area contributed by atoms with E-state index in [2.05, 4.69) is 10.5 Å². The summed E-state index contributed by atoms with van der Waals surface area (Å²) in [5.41, 5.74) is 1.41. The summed E-state index contributed by atoms with van der Waals surface area (Å²) in [6, 6.07) is 15.6. The van der Waals surface area contributed by atoms with Gasteiger partial charge in [0, 0.05) is 12.1 Å². The molecule has 130 valence electrons. The summed E-state index contributed by atoms with van der Waals surface area (Å²) in [5.74, 6) is -0.669. The van der Waals surface area contributed by atoms with Crippen LogP contribution in [-0.2, 0) is 9.59 Å². The van der Waals surface area contributed by atoms with Crippen molar-refractivity contribution in [1.82, 2.24) is 0 Å². The molecule has 0 aromatic heterocycles. The maximum Gasteiger partial charge on any atom is 0.303 e. The lowest BCUT2D eigenvalue weighted by Crippen LogP contribution is -2.20. The van der Waals surface area contributed by atoms with Crippen molar-refractivity contribution in [2.24, 2.45) is 5.16 Å². The lowest BCUT2D eigenvalue weighted by molar-refractivity contribution is -0.136. The molecule has 7 heteroatoms. The third-order valence-electron chi connectivity index (χ3n) is 3.31. The summed E-state index contributed by atoms with van der Waals surface area (Å²) in [4.78, 5) is 22.5. The minimum Gasteiger partial charge on any atom is -0.484 e. The second-order valence-corrected chi connectivity index (χ2v) is 5.17. The number of aliphatic carboxylic acids is 1. The van der Waals surface area contributed by atoms with Crippen LogP contribution in [-0.4, -0.2) is 34.5 Å². The Labute approximate surface area is 144 Å². The number of anilines is 1. The molecule has 2 aromatic carbocycles. The van der Waals surface area contributed by atoms with Gasteiger partial charge in [0.25, 0.3) is 5.91 Å². The summed E-state index contributed by atoms with van der Waals surface area (Å²) in [7, 11) is 0. The van der Waals surface area contributed by atoms with Crippen LogP contribution < -0.4 is 10.1 Å². The largest absolute Gasteiger partial charge is 0.484 e. The molecule has 0 heterocycles. The summed E-state index contributed by atoms with van der Waals surface area (Å²) in [5, 5.41) is 23.5. The smallest absolute Gasteiger partial charge is 0.303 e. The first-order valence-corrected chi connectivity index (χ1v) is 7.59. The molecule has 0 saturated heterocycles. The van der Waals surface area contributed by atoms with Crippen molar-refractivity contribution < 1.29 is 24.6 Å². The van der Waals surface area contributed by atoms with Gasteiger partial charge in [0.2, 0.25) is 0 Å². The molecule has 0 bridgehead atoms. The molecule has 25 heavy (non-hydrogen) atoms. The molecule has 0 unspecified atom stereocenters. The molecule has 0 aliphatic carbocycles. The molecule has 1 amide bonds. The van der Waals surface area contributed by atoms with Gasteiger partial charge in [0.05, 0.1) is 12.1 Å². The van der Waals surface area contributed by atoms with Crippen molar-refractivity contribution in [2.75, 3.05) is 11.9 Å². The van der Waals surface area contributed by atoms with E-state index in [1.807, 2.05) is 18.2 Å². The topological polar surface area (TPSA) is 108 Å². The number of nitrogens with one attached hydrogen (secondary N) is 1. The lowest BCUT2D eigenvalue weighted by atomic mass is 10.1. The highest BCUT2D eigenvalue weighted by Crippen LogP contribution is 2.13. The first-order valence-electron chi connectivity index (χ1n) is 7.59. The van der Waals surface area contributed by atoms with Crippen molar-refractivity contribution >= 4 is 23.3 Å². The molecule has 0 spiro atoms. The zero-order valence-electron chi connectivity index (χ0n) is 13.4. The van der Waals surface area contributed by atoms with Crippen LogP contribution in [0.3, 0.4) is 0 Å². The lowest BCUT2D eigenvalue weighted by Gasteiger charge is -2.08. The predicted molar refractivity (Wildman–Crippen MR) is 92.2 cm³/mol. The molecule has 2 aromatic rings. The first-order chi connectivity index (χ1) is 12.1. The molecule has 2 rings (SSSR count). The molecule has 0 aliphatic rings. The van der Waals surface area contributed by atoms with Crippen LogP contribution in [0.1, 0.15) is 18.4 Å². The predicted octanol–water partition coefficient (Wildman–Crippen LogP) is 2.75. The maximum atomic E-state index is 11.9. The van der Waals surface area contributed by atoms with Gasteiger partial charge < -0.3 is 20.4 Å². The number of oxime groups is 1. The van der Waals surface area contributed by atoms with Crippen molar-refractivity contribution in [1.29, 1.82) is 0 Å². The Morgan fingerprint density at radius 2 is 1.68 bits per heavy atom. The summed E-state index contributed by atoms with van der Waals surface area (Å²) < 4.78 is 5.35. The first kappa shape index (κ1) is 18.0. The molecule has 0 atom stereocenters. The Kier molecular flexibility index (Phi) is 6.53. The molecule has 7 nitrogen and oxygen atoms in total. The second-order valence-electron chi connectivity index (χ2n) is 5.17. The molecular formula is C18H18N2O5. The monoisotopic (exact) mass is 342 g/mol. The van der Waals surface area contributed by atoms with Gasteiger partial charge in [-0.15, -0.1) is 0 Å². The number of rotatable bonds is 8. The van der Waals surface area contributed by atoms with E-state index in [0.29, 0.717) is 17.0 Å². The van der Waals surface area contributed by atoms with Gasteiger partial charge in [-0.25, -0.2) is 0 Å². The number of ether oxygens (including phenoxy) is 1. The Morgan fingerprint density at radius 3 is 2.28 bits per heavy atom. The van der Waals surface area contributed by atoms with E-state index < -0.39 is 5.97 Å². The highest BCUT2D eigenvalue weighted by atomic mass is 16.5. The fraction of sp³-hybridized carbons (Fsp3) is 0.167. The van der Waals surface area contributed by atoms with Crippen molar-refractivity contribution in [2.45, 2.75) is 12.8 Å². The summed E-state index contributed by atoms with van der Waals surface area (Å²) >= 11 is 0. The number of carbonyl (C=O) groups excluding carboxylic acids is 1. The van der Waals surface area contributed by atoms with Crippen LogP contribution in [0.5, 0.6) is 5.75 Å². The van der Waals surface area contributed by atoms with Crippen LogP contribution in [0.2, 0.25) is 0 Å². The van der Waals surface area contributed by atoms with Gasteiger partial charge in [0.1, 0.15) is 5.75 Å². The van der Waals surface area contributed by atoms with Crippen LogP contribution in [0.25, 0.3) is 0 Å². The Balaban J connectivity index is 1.88. The maximum absolute atomic E-state index is 11.9. The number of hydrogen-bond acceptors (Lipinski definition) is 5. The zero-order chi connectivity index (χ0) is 18.1. The minimum absolute atomic E-state index is 0.114.